The second-order valence-corrected chi connectivity index (χ2v) is 8.80. The lowest BCUT2D eigenvalue weighted by molar-refractivity contribution is 0.478. The molecule has 0 aliphatic carbocycles. The summed E-state index contributed by atoms with van der Waals surface area (Å²) in [6.07, 6.45) is 5.59. The zero-order valence-electron chi connectivity index (χ0n) is 16.0. The Hall–Kier alpha value is -1.67. The maximum Gasteiger partial charge on any atom is 0.190 e. The van der Waals surface area contributed by atoms with Gasteiger partial charge in [-0.3, -0.25) is 0 Å². The topological polar surface area (TPSA) is 68.5 Å². The average molecular weight is 391 g/mol. The highest BCUT2D eigenvalue weighted by Crippen LogP contribution is 2.32. The van der Waals surface area contributed by atoms with E-state index in [4.69, 9.17) is 0 Å². The third kappa shape index (κ3) is 4.01. The van der Waals surface area contributed by atoms with Gasteiger partial charge in [0.15, 0.2) is 5.16 Å². The molecule has 0 aromatic carbocycles. The minimum Gasteiger partial charge on any atom is -0.369 e. The largest absolute Gasteiger partial charge is 0.369 e. The van der Waals surface area contributed by atoms with Crippen LogP contribution in [-0.2, 0) is 13.0 Å². The third-order valence-corrected chi connectivity index (χ3v) is 6.14. The van der Waals surface area contributed by atoms with Crippen molar-refractivity contribution in [3.63, 3.8) is 0 Å². The third-order valence-electron chi connectivity index (χ3n) is 4.36. The Morgan fingerprint density at radius 3 is 2.77 bits per heavy atom. The second-order valence-electron chi connectivity index (χ2n) is 6.82. The molecule has 140 valence electrons. The molecule has 0 amide bonds. The average Bonchev–Trinajstić information content (AvgIpc) is 3.12. The number of hydrogen-bond donors (Lipinski definition) is 1. The van der Waals surface area contributed by atoms with Crippen molar-refractivity contribution in [2.75, 3.05) is 18.1 Å². The van der Waals surface area contributed by atoms with E-state index in [2.05, 4.69) is 64.0 Å². The molecule has 3 rings (SSSR count). The SMILES string of the molecule is CSc1nnc(CCCNc2ncnc3sc(C)c(C)c23)n1CC(C)C. The van der Waals surface area contributed by atoms with E-state index in [1.54, 1.807) is 29.4 Å². The van der Waals surface area contributed by atoms with Crippen LogP contribution in [0.15, 0.2) is 11.5 Å². The lowest BCUT2D eigenvalue weighted by Crippen LogP contribution is -2.12. The molecule has 0 unspecified atom stereocenters. The van der Waals surface area contributed by atoms with Crippen molar-refractivity contribution < 1.29 is 0 Å². The van der Waals surface area contributed by atoms with Crippen molar-refractivity contribution in [2.24, 2.45) is 5.92 Å². The van der Waals surface area contributed by atoms with Crippen molar-refractivity contribution in [1.82, 2.24) is 24.7 Å². The van der Waals surface area contributed by atoms with Gasteiger partial charge in [-0.25, -0.2) is 9.97 Å². The second kappa shape index (κ2) is 8.35. The number of anilines is 1. The predicted molar refractivity (Wildman–Crippen MR) is 110 cm³/mol. The molecule has 6 nitrogen and oxygen atoms in total. The molecular weight excluding hydrogens is 364 g/mol. The van der Waals surface area contributed by atoms with E-state index in [1.807, 2.05) is 0 Å². The standard InChI is InChI=1S/C18H26N6S2/c1-11(2)9-24-14(22-23-18(24)25-5)7-6-8-19-16-15-12(3)13(4)26-17(15)21-10-20-16/h10-11H,6-9H2,1-5H3,(H,19,20,21). The Morgan fingerprint density at radius 1 is 1.23 bits per heavy atom. The number of thioether (sulfide) groups is 1. The summed E-state index contributed by atoms with van der Waals surface area (Å²) in [5.74, 6) is 2.58. The quantitative estimate of drug-likeness (QED) is 0.456. The maximum atomic E-state index is 4.45. The van der Waals surface area contributed by atoms with Crippen LogP contribution < -0.4 is 5.32 Å². The van der Waals surface area contributed by atoms with Gasteiger partial charge in [0.2, 0.25) is 0 Å². The zero-order chi connectivity index (χ0) is 18.7. The van der Waals surface area contributed by atoms with Crippen LogP contribution in [0.25, 0.3) is 10.2 Å². The number of nitrogens with one attached hydrogen (secondary N) is 1. The summed E-state index contributed by atoms with van der Waals surface area (Å²) in [6.45, 7) is 10.5. The molecule has 0 bridgehead atoms. The summed E-state index contributed by atoms with van der Waals surface area (Å²) in [6, 6.07) is 0. The van der Waals surface area contributed by atoms with E-state index in [0.29, 0.717) is 5.92 Å². The molecule has 0 radical (unpaired) electrons. The number of thiophene rings is 1. The van der Waals surface area contributed by atoms with Crippen LogP contribution in [-0.4, -0.2) is 37.5 Å². The normalized spacial score (nSPS) is 11.6. The molecular formula is C18H26N6S2. The Labute approximate surface area is 162 Å². The minimum atomic E-state index is 0.577. The van der Waals surface area contributed by atoms with Crippen LogP contribution in [0, 0.1) is 19.8 Å². The molecule has 8 heteroatoms. The lowest BCUT2D eigenvalue weighted by atomic mass is 10.2. The highest BCUT2D eigenvalue weighted by Gasteiger charge is 2.13. The van der Waals surface area contributed by atoms with Gasteiger partial charge in [-0.05, 0) is 38.0 Å². The van der Waals surface area contributed by atoms with Crippen LogP contribution in [0.1, 0.15) is 36.5 Å². The maximum absolute atomic E-state index is 4.45. The number of aryl methyl sites for hydroxylation is 3. The van der Waals surface area contributed by atoms with Gasteiger partial charge in [0.05, 0.1) is 5.39 Å². The first-order valence-corrected chi connectivity index (χ1v) is 11.0. The molecule has 3 heterocycles. The van der Waals surface area contributed by atoms with Gasteiger partial charge in [-0.1, -0.05) is 25.6 Å². The van der Waals surface area contributed by atoms with Crippen LogP contribution in [0.5, 0.6) is 0 Å². The number of aromatic nitrogens is 5. The summed E-state index contributed by atoms with van der Waals surface area (Å²) in [7, 11) is 0. The number of rotatable bonds is 8. The fraction of sp³-hybridized carbons (Fsp3) is 0.556. The van der Waals surface area contributed by atoms with Crippen molar-refractivity contribution >= 4 is 39.1 Å². The molecule has 0 atom stereocenters. The van der Waals surface area contributed by atoms with Gasteiger partial charge in [0.1, 0.15) is 22.8 Å². The highest BCUT2D eigenvalue weighted by atomic mass is 32.2. The van der Waals surface area contributed by atoms with Crippen molar-refractivity contribution in [3.8, 4) is 0 Å². The Kier molecular flexibility index (Phi) is 6.13. The lowest BCUT2D eigenvalue weighted by Gasteiger charge is -2.12. The van der Waals surface area contributed by atoms with Crippen LogP contribution in [0.2, 0.25) is 0 Å². The number of fused-ring (bicyclic) bond motifs is 1. The molecule has 0 saturated heterocycles. The van der Waals surface area contributed by atoms with Crippen molar-refractivity contribution in [1.29, 1.82) is 0 Å². The van der Waals surface area contributed by atoms with E-state index in [-0.39, 0.29) is 0 Å². The first-order valence-electron chi connectivity index (χ1n) is 8.91. The smallest absolute Gasteiger partial charge is 0.190 e. The predicted octanol–water partition coefficient (Wildman–Crippen LogP) is 4.32. The molecule has 0 saturated carbocycles. The molecule has 0 aliphatic heterocycles. The summed E-state index contributed by atoms with van der Waals surface area (Å²) < 4.78 is 2.25. The summed E-state index contributed by atoms with van der Waals surface area (Å²) in [5.41, 5.74) is 1.27. The van der Waals surface area contributed by atoms with E-state index in [9.17, 15) is 0 Å². The Bertz CT molecular complexity index is 883. The Morgan fingerprint density at radius 2 is 2.04 bits per heavy atom. The number of hydrogen-bond acceptors (Lipinski definition) is 7. The van der Waals surface area contributed by atoms with Crippen LogP contribution in [0.4, 0.5) is 5.82 Å². The zero-order valence-corrected chi connectivity index (χ0v) is 17.7. The van der Waals surface area contributed by atoms with E-state index in [1.165, 1.54) is 10.4 Å². The first-order chi connectivity index (χ1) is 12.5. The monoisotopic (exact) mass is 390 g/mol. The molecule has 1 N–H and O–H groups in total. The molecule has 0 aliphatic rings. The van der Waals surface area contributed by atoms with Gasteiger partial charge >= 0.3 is 0 Å². The summed E-state index contributed by atoms with van der Waals surface area (Å²) in [4.78, 5) is 11.2. The Balaban J connectivity index is 1.64. The first kappa shape index (κ1) is 19.1. The molecule has 0 spiro atoms. The van der Waals surface area contributed by atoms with Gasteiger partial charge < -0.3 is 9.88 Å². The fourth-order valence-corrected chi connectivity index (χ4v) is 4.49. The van der Waals surface area contributed by atoms with Gasteiger partial charge in [-0.2, -0.15) is 0 Å². The van der Waals surface area contributed by atoms with Crippen LogP contribution in [0.3, 0.4) is 0 Å². The summed E-state index contributed by atoms with van der Waals surface area (Å²) >= 11 is 3.38. The molecule has 26 heavy (non-hydrogen) atoms. The molecule has 3 aromatic rings. The van der Waals surface area contributed by atoms with E-state index < -0.39 is 0 Å². The van der Waals surface area contributed by atoms with Gasteiger partial charge in [0, 0.05) is 24.4 Å². The van der Waals surface area contributed by atoms with Crippen LogP contribution >= 0.6 is 23.1 Å². The van der Waals surface area contributed by atoms with E-state index >= 15 is 0 Å². The number of nitrogens with zero attached hydrogens (tertiary/aromatic N) is 5. The molecule has 0 fully saturated rings. The van der Waals surface area contributed by atoms with Gasteiger partial charge in [-0.15, -0.1) is 21.5 Å². The van der Waals surface area contributed by atoms with Crippen molar-refractivity contribution in [2.45, 2.75) is 52.2 Å². The van der Waals surface area contributed by atoms with Crippen molar-refractivity contribution in [3.05, 3.63) is 22.6 Å². The van der Waals surface area contributed by atoms with Gasteiger partial charge in [0.25, 0.3) is 0 Å². The summed E-state index contributed by atoms with van der Waals surface area (Å²) in [5, 5.41) is 14.4. The minimum absolute atomic E-state index is 0.577. The van der Waals surface area contributed by atoms with E-state index in [0.717, 1.165) is 52.9 Å². The highest BCUT2D eigenvalue weighted by molar-refractivity contribution is 7.98. The molecule has 3 aromatic heterocycles. The fourth-order valence-electron chi connectivity index (χ4n) is 2.97.